The van der Waals surface area contributed by atoms with E-state index in [2.05, 4.69) is 20.9 Å². The minimum atomic E-state index is -3.50. The van der Waals surface area contributed by atoms with Crippen LogP contribution in [-0.2, 0) is 23.6 Å². The highest BCUT2D eigenvalue weighted by Gasteiger charge is 2.30. The zero-order chi connectivity index (χ0) is 17.3. The molecule has 0 bridgehead atoms. The topological polar surface area (TPSA) is 71.3 Å². The lowest BCUT2D eigenvalue weighted by Crippen LogP contribution is -2.48. The van der Waals surface area contributed by atoms with Gasteiger partial charge in [0.25, 0.3) is 10.0 Å². The van der Waals surface area contributed by atoms with E-state index in [1.54, 1.807) is 24.7 Å². The van der Waals surface area contributed by atoms with E-state index in [4.69, 9.17) is 0 Å². The normalized spacial score (nSPS) is 17.3. The number of hydrogen-bond donors (Lipinski definition) is 0. The molecule has 0 radical (unpaired) electrons. The Kier molecular flexibility index (Phi) is 4.71. The van der Waals surface area contributed by atoms with Crippen molar-refractivity contribution in [2.75, 3.05) is 26.2 Å². The molecule has 130 valence electrons. The number of imidazole rings is 1. The smallest absolute Gasteiger partial charge is 0.262 e. The van der Waals surface area contributed by atoms with Gasteiger partial charge in [0.1, 0.15) is 5.82 Å². The summed E-state index contributed by atoms with van der Waals surface area (Å²) >= 11 is 0. The van der Waals surface area contributed by atoms with Crippen molar-refractivity contribution in [2.45, 2.75) is 25.4 Å². The van der Waals surface area contributed by atoms with Crippen molar-refractivity contribution >= 4 is 10.0 Å². The summed E-state index contributed by atoms with van der Waals surface area (Å²) in [5, 5.41) is 0.138. The summed E-state index contributed by atoms with van der Waals surface area (Å²) in [6.07, 6.45) is 5.28. The van der Waals surface area contributed by atoms with Crippen molar-refractivity contribution in [3.63, 3.8) is 0 Å². The van der Waals surface area contributed by atoms with E-state index in [0.717, 1.165) is 17.7 Å². The highest BCUT2D eigenvalue weighted by Crippen LogP contribution is 2.18. The Balaban J connectivity index is 1.64. The summed E-state index contributed by atoms with van der Waals surface area (Å²) in [6, 6.07) is 2.12. The van der Waals surface area contributed by atoms with Crippen LogP contribution >= 0.6 is 0 Å². The first-order valence-electron chi connectivity index (χ1n) is 7.99. The molecule has 0 atom stereocenters. The van der Waals surface area contributed by atoms with E-state index in [0.29, 0.717) is 32.0 Å². The van der Waals surface area contributed by atoms with Gasteiger partial charge in [-0.1, -0.05) is 6.07 Å². The molecule has 24 heavy (non-hydrogen) atoms. The van der Waals surface area contributed by atoms with Gasteiger partial charge in [0.15, 0.2) is 5.03 Å². The molecule has 3 rings (SSSR count). The van der Waals surface area contributed by atoms with Crippen LogP contribution in [0.2, 0.25) is 0 Å². The molecule has 0 saturated carbocycles. The molecule has 8 heteroatoms. The maximum atomic E-state index is 12.7. The Morgan fingerprint density at radius 2 is 1.83 bits per heavy atom. The molecule has 1 aliphatic heterocycles. The van der Waals surface area contributed by atoms with E-state index in [9.17, 15) is 8.42 Å². The van der Waals surface area contributed by atoms with Gasteiger partial charge in [-0.3, -0.25) is 9.88 Å². The summed E-state index contributed by atoms with van der Waals surface area (Å²) in [5.74, 6) is 0.694. The molecule has 0 amide bonds. The molecule has 1 saturated heterocycles. The molecular formula is C16H23N5O2S. The van der Waals surface area contributed by atoms with Crippen LogP contribution in [0.25, 0.3) is 0 Å². The van der Waals surface area contributed by atoms with Crippen molar-refractivity contribution in [2.24, 2.45) is 7.05 Å². The monoisotopic (exact) mass is 349 g/mol. The predicted molar refractivity (Wildman–Crippen MR) is 91.0 cm³/mol. The quantitative estimate of drug-likeness (QED) is 0.821. The lowest BCUT2D eigenvalue weighted by atomic mass is 10.2. The van der Waals surface area contributed by atoms with Gasteiger partial charge in [-0.05, 0) is 25.0 Å². The van der Waals surface area contributed by atoms with E-state index in [1.165, 1.54) is 4.31 Å². The van der Waals surface area contributed by atoms with Crippen LogP contribution < -0.4 is 0 Å². The summed E-state index contributed by atoms with van der Waals surface area (Å²) < 4.78 is 28.6. The van der Waals surface area contributed by atoms with Crippen LogP contribution in [0, 0.1) is 13.8 Å². The van der Waals surface area contributed by atoms with Gasteiger partial charge in [-0.2, -0.15) is 4.31 Å². The van der Waals surface area contributed by atoms with Crippen molar-refractivity contribution in [3.05, 3.63) is 41.6 Å². The zero-order valence-electron chi connectivity index (χ0n) is 14.3. The van der Waals surface area contributed by atoms with E-state index < -0.39 is 10.0 Å². The number of nitrogens with zero attached hydrogens (tertiary/aromatic N) is 5. The maximum absolute atomic E-state index is 12.7. The first-order chi connectivity index (χ1) is 11.4. The van der Waals surface area contributed by atoms with Crippen LogP contribution in [0.4, 0.5) is 0 Å². The Hall–Kier alpha value is -1.77. The standard InChI is InChI=1S/C16H23N5O2S/c1-13-8-15(10-17-9-13)11-20-4-6-21(7-5-20)24(22,23)16-12-19(3)14(2)18-16/h8-10,12H,4-7,11H2,1-3H3. The van der Waals surface area contributed by atoms with Gasteiger partial charge in [-0.25, -0.2) is 13.4 Å². The molecule has 3 heterocycles. The van der Waals surface area contributed by atoms with Crippen LogP contribution in [0.15, 0.2) is 29.7 Å². The van der Waals surface area contributed by atoms with Gasteiger partial charge in [0.05, 0.1) is 0 Å². The average Bonchev–Trinajstić information content (AvgIpc) is 2.88. The number of hydrogen-bond acceptors (Lipinski definition) is 5. The molecule has 1 fully saturated rings. The minimum Gasteiger partial charge on any atom is -0.337 e. The van der Waals surface area contributed by atoms with Gasteiger partial charge in [0.2, 0.25) is 0 Å². The summed E-state index contributed by atoms with van der Waals surface area (Å²) in [6.45, 7) is 7.00. The molecule has 7 nitrogen and oxygen atoms in total. The fourth-order valence-electron chi connectivity index (χ4n) is 2.87. The first-order valence-corrected chi connectivity index (χ1v) is 9.43. The van der Waals surface area contributed by atoms with E-state index in [1.807, 2.05) is 19.3 Å². The number of aryl methyl sites for hydroxylation is 3. The molecule has 2 aromatic heterocycles. The predicted octanol–water partition coefficient (Wildman–Crippen LogP) is 0.938. The van der Waals surface area contributed by atoms with Gasteiger partial charge >= 0.3 is 0 Å². The van der Waals surface area contributed by atoms with Crippen molar-refractivity contribution < 1.29 is 8.42 Å². The Morgan fingerprint density at radius 3 is 2.42 bits per heavy atom. The highest BCUT2D eigenvalue weighted by molar-refractivity contribution is 7.89. The summed E-state index contributed by atoms with van der Waals surface area (Å²) in [4.78, 5) is 10.6. The van der Waals surface area contributed by atoms with Crippen molar-refractivity contribution in [1.82, 2.24) is 23.7 Å². The van der Waals surface area contributed by atoms with Crippen molar-refractivity contribution in [1.29, 1.82) is 0 Å². The lowest BCUT2D eigenvalue weighted by Gasteiger charge is -2.33. The fourth-order valence-corrected chi connectivity index (χ4v) is 4.32. The van der Waals surface area contributed by atoms with Crippen LogP contribution in [0.3, 0.4) is 0 Å². The Morgan fingerprint density at radius 1 is 1.12 bits per heavy atom. The molecule has 1 aliphatic rings. The van der Waals surface area contributed by atoms with E-state index >= 15 is 0 Å². The lowest BCUT2D eigenvalue weighted by molar-refractivity contribution is 0.181. The summed E-state index contributed by atoms with van der Waals surface area (Å²) in [5.41, 5.74) is 2.30. The largest absolute Gasteiger partial charge is 0.337 e. The number of aromatic nitrogens is 3. The highest BCUT2D eigenvalue weighted by atomic mass is 32.2. The van der Waals surface area contributed by atoms with Gasteiger partial charge in [-0.15, -0.1) is 0 Å². The number of rotatable bonds is 4. The molecule has 0 N–H and O–H groups in total. The third kappa shape index (κ3) is 3.50. The van der Waals surface area contributed by atoms with Crippen LogP contribution in [0.1, 0.15) is 17.0 Å². The summed E-state index contributed by atoms with van der Waals surface area (Å²) in [7, 11) is -1.70. The molecule has 0 unspecified atom stereocenters. The third-order valence-electron chi connectivity index (χ3n) is 4.36. The average molecular weight is 349 g/mol. The number of pyridine rings is 1. The molecule has 0 aromatic carbocycles. The zero-order valence-corrected chi connectivity index (χ0v) is 15.1. The maximum Gasteiger partial charge on any atom is 0.262 e. The first kappa shape index (κ1) is 17.1. The molecule has 2 aromatic rings. The van der Waals surface area contributed by atoms with E-state index in [-0.39, 0.29) is 5.03 Å². The SMILES string of the molecule is Cc1cncc(CN2CCN(S(=O)(=O)c3cn(C)c(C)n3)CC2)c1. The van der Waals surface area contributed by atoms with Gasteiger partial charge in [0, 0.05) is 58.4 Å². The second kappa shape index (κ2) is 6.62. The van der Waals surface area contributed by atoms with Crippen molar-refractivity contribution in [3.8, 4) is 0 Å². The molecular weight excluding hydrogens is 326 g/mol. The number of piperazine rings is 1. The Bertz CT molecular complexity index is 803. The number of sulfonamides is 1. The molecule has 0 spiro atoms. The third-order valence-corrected chi connectivity index (χ3v) is 6.13. The Labute approximate surface area is 143 Å². The van der Waals surface area contributed by atoms with Gasteiger partial charge < -0.3 is 4.57 Å². The van der Waals surface area contributed by atoms with Crippen LogP contribution in [0.5, 0.6) is 0 Å². The fraction of sp³-hybridized carbons (Fsp3) is 0.500. The second-order valence-corrected chi connectivity index (χ2v) is 8.17. The second-order valence-electron chi connectivity index (χ2n) is 6.29. The minimum absolute atomic E-state index is 0.138. The molecule has 0 aliphatic carbocycles. The van der Waals surface area contributed by atoms with Crippen LogP contribution in [-0.4, -0.2) is 58.3 Å².